The van der Waals surface area contributed by atoms with Crippen LogP contribution in [0.25, 0.3) is 27.8 Å². The standard InChI is InChI=1S/C17H14F3N5O/c1-4-5-11(9(2)21)25-15-10(6-7-12(23-15)17(18,19)20)14-13(16(25)26)22-8-24(14)3/h4-8,21H,1H2,2-3H3/b11-5+,21-9?. The molecule has 3 aromatic heterocycles. The lowest BCUT2D eigenvalue weighted by atomic mass is 10.2. The fraction of sp³-hybridized carbons (Fsp3) is 0.176. The van der Waals surface area contributed by atoms with Crippen LogP contribution in [0, 0.1) is 5.41 Å². The summed E-state index contributed by atoms with van der Waals surface area (Å²) in [5, 5.41) is 8.23. The predicted octanol–water partition coefficient (Wildman–Crippen LogP) is 3.37. The van der Waals surface area contributed by atoms with E-state index in [0.29, 0.717) is 10.9 Å². The molecule has 0 aliphatic heterocycles. The monoisotopic (exact) mass is 361 g/mol. The molecule has 0 saturated heterocycles. The smallest absolute Gasteiger partial charge is 0.333 e. The van der Waals surface area contributed by atoms with Gasteiger partial charge in [-0.1, -0.05) is 12.7 Å². The van der Waals surface area contributed by atoms with Gasteiger partial charge in [0.15, 0.2) is 5.52 Å². The molecule has 0 atom stereocenters. The van der Waals surface area contributed by atoms with Crippen molar-refractivity contribution in [1.29, 1.82) is 5.41 Å². The summed E-state index contributed by atoms with van der Waals surface area (Å²) < 4.78 is 42.0. The van der Waals surface area contributed by atoms with E-state index < -0.39 is 17.4 Å². The van der Waals surface area contributed by atoms with Crippen molar-refractivity contribution < 1.29 is 13.2 Å². The number of fused-ring (bicyclic) bond motifs is 3. The molecule has 3 rings (SSSR count). The lowest BCUT2D eigenvalue weighted by Gasteiger charge is -2.15. The number of aryl methyl sites for hydroxylation is 1. The summed E-state index contributed by atoms with van der Waals surface area (Å²) in [5.41, 5.74) is -1.46. The highest BCUT2D eigenvalue weighted by molar-refractivity contribution is 6.18. The number of allylic oxidation sites excluding steroid dienone is 3. The molecule has 0 spiro atoms. The van der Waals surface area contributed by atoms with Crippen LogP contribution >= 0.6 is 0 Å². The van der Waals surface area contributed by atoms with Crippen LogP contribution in [0.5, 0.6) is 0 Å². The number of nitrogens with one attached hydrogen (secondary N) is 1. The van der Waals surface area contributed by atoms with Crippen molar-refractivity contribution >= 4 is 33.5 Å². The summed E-state index contributed by atoms with van der Waals surface area (Å²) in [6.07, 6.45) is -0.540. The Morgan fingerprint density at radius 2 is 2.04 bits per heavy atom. The van der Waals surface area contributed by atoms with Crippen LogP contribution < -0.4 is 5.56 Å². The number of aromatic nitrogens is 4. The second-order valence-corrected chi connectivity index (χ2v) is 5.67. The summed E-state index contributed by atoms with van der Waals surface area (Å²) in [4.78, 5) is 20.7. The summed E-state index contributed by atoms with van der Waals surface area (Å²) >= 11 is 0. The molecular weight excluding hydrogens is 347 g/mol. The molecule has 0 aromatic carbocycles. The number of hydrogen-bond acceptors (Lipinski definition) is 4. The minimum absolute atomic E-state index is 0.0252. The van der Waals surface area contributed by atoms with Crippen LogP contribution in [-0.2, 0) is 13.2 Å². The van der Waals surface area contributed by atoms with Crippen molar-refractivity contribution in [2.24, 2.45) is 7.05 Å². The molecule has 0 fully saturated rings. The highest BCUT2D eigenvalue weighted by atomic mass is 19.4. The van der Waals surface area contributed by atoms with Gasteiger partial charge in [0.25, 0.3) is 5.56 Å². The van der Waals surface area contributed by atoms with Gasteiger partial charge in [-0.3, -0.25) is 9.36 Å². The van der Waals surface area contributed by atoms with E-state index in [1.54, 1.807) is 11.6 Å². The molecule has 0 radical (unpaired) electrons. The topological polar surface area (TPSA) is 76.6 Å². The van der Waals surface area contributed by atoms with Crippen molar-refractivity contribution in [3.8, 4) is 0 Å². The van der Waals surface area contributed by atoms with Gasteiger partial charge < -0.3 is 9.98 Å². The molecule has 9 heteroatoms. The molecule has 0 saturated carbocycles. The molecule has 0 aliphatic rings. The summed E-state index contributed by atoms with van der Waals surface area (Å²) in [6.45, 7) is 4.95. The zero-order valence-electron chi connectivity index (χ0n) is 13.9. The predicted molar refractivity (Wildman–Crippen MR) is 93.1 cm³/mol. The third-order valence-corrected chi connectivity index (χ3v) is 3.88. The number of alkyl halides is 3. The van der Waals surface area contributed by atoms with Gasteiger partial charge >= 0.3 is 6.18 Å². The number of nitrogens with zero attached hydrogens (tertiary/aromatic N) is 4. The van der Waals surface area contributed by atoms with E-state index in [1.165, 1.54) is 31.5 Å². The Balaban J connectivity index is 2.61. The van der Waals surface area contributed by atoms with Crippen molar-refractivity contribution in [2.45, 2.75) is 13.1 Å². The van der Waals surface area contributed by atoms with E-state index in [2.05, 4.69) is 16.5 Å². The first-order chi connectivity index (χ1) is 12.2. The van der Waals surface area contributed by atoms with Gasteiger partial charge in [-0.15, -0.1) is 0 Å². The second-order valence-electron chi connectivity index (χ2n) is 5.67. The molecule has 134 valence electrons. The van der Waals surface area contributed by atoms with Crippen LogP contribution in [0.3, 0.4) is 0 Å². The van der Waals surface area contributed by atoms with Crippen LogP contribution in [0.1, 0.15) is 12.6 Å². The first-order valence-electron chi connectivity index (χ1n) is 7.49. The molecule has 3 heterocycles. The third kappa shape index (κ3) is 2.61. The molecular formula is C17H14F3N5O. The van der Waals surface area contributed by atoms with Crippen LogP contribution in [-0.4, -0.2) is 24.8 Å². The van der Waals surface area contributed by atoms with Crippen LogP contribution in [0.4, 0.5) is 13.2 Å². The molecule has 0 amide bonds. The lowest BCUT2D eigenvalue weighted by molar-refractivity contribution is -0.141. The van der Waals surface area contributed by atoms with E-state index in [-0.39, 0.29) is 22.6 Å². The molecule has 3 aromatic rings. The van der Waals surface area contributed by atoms with E-state index >= 15 is 0 Å². The number of imidazole rings is 1. The third-order valence-electron chi connectivity index (χ3n) is 3.88. The molecule has 0 unspecified atom stereocenters. The largest absolute Gasteiger partial charge is 0.433 e. The first-order valence-corrected chi connectivity index (χ1v) is 7.49. The Morgan fingerprint density at radius 1 is 1.35 bits per heavy atom. The van der Waals surface area contributed by atoms with Crippen molar-refractivity contribution in [3.63, 3.8) is 0 Å². The summed E-state index contributed by atoms with van der Waals surface area (Å²) in [5.74, 6) is 0. The number of rotatable bonds is 3. The second kappa shape index (κ2) is 5.94. The van der Waals surface area contributed by atoms with E-state index in [4.69, 9.17) is 5.41 Å². The minimum Gasteiger partial charge on any atom is -0.333 e. The average molecular weight is 361 g/mol. The fourth-order valence-corrected chi connectivity index (χ4v) is 2.77. The lowest BCUT2D eigenvalue weighted by Crippen LogP contribution is -2.24. The average Bonchev–Trinajstić information content (AvgIpc) is 2.95. The van der Waals surface area contributed by atoms with Crippen molar-refractivity contribution in [3.05, 3.63) is 53.2 Å². The van der Waals surface area contributed by atoms with Gasteiger partial charge in [0, 0.05) is 12.4 Å². The molecule has 0 bridgehead atoms. The Morgan fingerprint density at radius 3 is 2.62 bits per heavy atom. The number of pyridine rings is 2. The molecule has 0 aliphatic carbocycles. The molecule has 26 heavy (non-hydrogen) atoms. The van der Waals surface area contributed by atoms with Crippen molar-refractivity contribution in [2.75, 3.05) is 0 Å². The van der Waals surface area contributed by atoms with Gasteiger partial charge in [-0.2, -0.15) is 13.2 Å². The Bertz CT molecular complexity index is 1150. The fourth-order valence-electron chi connectivity index (χ4n) is 2.77. The Kier molecular flexibility index (Phi) is 4.02. The zero-order valence-corrected chi connectivity index (χ0v) is 13.9. The summed E-state index contributed by atoms with van der Waals surface area (Å²) in [7, 11) is 1.64. The van der Waals surface area contributed by atoms with Crippen LogP contribution in [0.15, 0.2) is 42.0 Å². The SMILES string of the molecule is C=C/C=C(\C(C)=N)n1c(=O)c2ncn(C)c2c2ccc(C(F)(F)F)nc21. The van der Waals surface area contributed by atoms with Crippen LogP contribution in [0.2, 0.25) is 0 Å². The first kappa shape index (κ1) is 17.6. The van der Waals surface area contributed by atoms with E-state index in [0.717, 1.165) is 10.6 Å². The zero-order chi connectivity index (χ0) is 19.2. The van der Waals surface area contributed by atoms with Gasteiger partial charge in [0.1, 0.15) is 11.3 Å². The van der Waals surface area contributed by atoms with Crippen molar-refractivity contribution in [1.82, 2.24) is 19.1 Å². The van der Waals surface area contributed by atoms with E-state index in [1.807, 2.05) is 0 Å². The highest BCUT2D eigenvalue weighted by Crippen LogP contribution is 2.31. The minimum atomic E-state index is -4.67. The van der Waals surface area contributed by atoms with E-state index in [9.17, 15) is 18.0 Å². The van der Waals surface area contributed by atoms with Gasteiger partial charge in [0.2, 0.25) is 0 Å². The number of halogens is 3. The normalized spacial score (nSPS) is 12.7. The molecule has 6 nitrogen and oxygen atoms in total. The van der Waals surface area contributed by atoms with Gasteiger partial charge in [-0.25, -0.2) is 9.97 Å². The number of hydrogen-bond donors (Lipinski definition) is 1. The molecule has 1 N–H and O–H groups in total. The Hall–Kier alpha value is -3.23. The van der Waals surface area contributed by atoms with Gasteiger partial charge in [0.05, 0.1) is 23.3 Å². The maximum Gasteiger partial charge on any atom is 0.433 e. The van der Waals surface area contributed by atoms with Gasteiger partial charge in [-0.05, 0) is 25.1 Å². The Labute approximate surface area is 145 Å². The summed E-state index contributed by atoms with van der Waals surface area (Å²) in [6, 6.07) is 2.12. The highest BCUT2D eigenvalue weighted by Gasteiger charge is 2.33. The maximum atomic E-state index is 13.1. The quantitative estimate of drug-likeness (QED) is 0.574. The maximum absolute atomic E-state index is 13.1.